The van der Waals surface area contributed by atoms with Gasteiger partial charge in [0.1, 0.15) is 11.2 Å². The molecule has 0 bridgehead atoms. The molecule has 0 aromatic carbocycles. The van der Waals surface area contributed by atoms with E-state index in [9.17, 15) is 14.4 Å². The van der Waals surface area contributed by atoms with Crippen molar-refractivity contribution in [3.05, 3.63) is 0 Å². The summed E-state index contributed by atoms with van der Waals surface area (Å²) in [5.41, 5.74) is -1.27. The summed E-state index contributed by atoms with van der Waals surface area (Å²) in [5.74, 6) is -1.10. The fraction of sp³-hybridized carbons (Fsp3) is 0.786. The first-order valence-electron chi connectivity index (χ1n) is 6.46. The van der Waals surface area contributed by atoms with Gasteiger partial charge in [-0.1, -0.05) is 0 Å². The smallest absolute Gasteiger partial charge is 0.332 e. The Morgan fingerprint density at radius 3 is 1.95 bits per heavy atom. The number of rotatable bonds is 5. The van der Waals surface area contributed by atoms with E-state index in [0.29, 0.717) is 0 Å². The molecule has 0 saturated carbocycles. The first-order valence-corrected chi connectivity index (χ1v) is 6.46. The summed E-state index contributed by atoms with van der Waals surface area (Å²) in [7, 11) is 0. The molecule has 0 aliphatic rings. The molecule has 0 aliphatic carbocycles. The van der Waals surface area contributed by atoms with Gasteiger partial charge in [-0.05, 0) is 48.0 Å². The first kappa shape index (κ1) is 18.3. The van der Waals surface area contributed by atoms with Gasteiger partial charge in [0.15, 0.2) is 6.04 Å². The number of aliphatic imine (C=N–C) groups is 1. The van der Waals surface area contributed by atoms with Crippen molar-refractivity contribution in [1.82, 2.24) is 0 Å². The number of esters is 2. The average molecular weight is 285 g/mol. The summed E-state index contributed by atoms with van der Waals surface area (Å²) in [5, 5.41) is 0. The maximum absolute atomic E-state index is 11.8. The van der Waals surface area contributed by atoms with Gasteiger partial charge in [-0.3, -0.25) is 4.79 Å². The molecule has 0 saturated heterocycles. The lowest BCUT2D eigenvalue weighted by Gasteiger charge is -2.22. The van der Waals surface area contributed by atoms with Crippen LogP contribution in [0.2, 0.25) is 0 Å². The van der Waals surface area contributed by atoms with E-state index in [1.165, 1.54) is 6.08 Å². The van der Waals surface area contributed by atoms with Crippen molar-refractivity contribution in [2.24, 2.45) is 4.99 Å². The van der Waals surface area contributed by atoms with Gasteiger partial charge >= 0.3 is 11.9 Å². The van der Waals surface area contributed by atoms with Crippen LogP contribution in [0, 0.1) is 0 Å². The van der Waals surface area contributed by atoms with Gasteiger partial charge < -0.3 is 9.47 Å². The number of hydrogen-bond acceptors (Lipinski definition) is 6. The standard InChI is InChI=1S/C14H23NO5/c1-13(2,3)19-11(17)8-7-10(15-9-16)12(18)20-14(4,5)6/h10H,7-8H2,1-6H3/t10-/m1/s1. The zero-order chi connectivity index (χ0) is 16.0. The first-order chi connectivity index (χ1) is 8.94. The number of isocyanates is 1. The number of carbonyl (C=O) groups excluding carboxylic acids is 3. The van der Waals surface area contributed by atoms with Crippen molar-refractivity contribution >= 4 is 18.0 Å². The molecule has 0 rings (SSSR count). The monoisotopic (exact) mass is 285 g/mol. The molecule has 0 heterocycles. The second kappa shape index (κ2) is 7.20. The van der Waals surface area contributed by atoms with E-state index in [4.69, 9.17) is 9.47 Å². The number of carbonyl (C=O) groups is 2. The van der Waals surface area contributed by atoms with Crippen LogP contribution in [-0.4, -0.2) is 35.3 Å². The van der Waals surface area contributed by atoms with Crippen molar-refractivity contribution in [2.45, 2.75) is 71.6 Å². The van der Waals surface area contributed by atoms with Crippen molar-refractivity contribution in [3.63, 3.8) is 0 Å². The van der Waals surface area contributed by atoms with E-state index >= 15 is 0 Å². The Bertz CT molecular complexity index is 397. The predicted octanol–water partition coefficient (Wildman–Crippen LogP) is 2.15. The molecule has 0 fully saturated rings. The van der Waals surface area contributed by atoms with E-state index < -0.39 is 29.2 Å². The molecule has 0 unspecified atom stereocenters. The van der Waals surface area contributed by atoms with Crippen molar-refractivity contribution in [1.29, 1.82) is 0 Å². The van der Waals surface area contributed by atoms with Crippen LogP contribution in [0.3, 0.4) is 0 Å². The SMILES string of the molecule is CC(C)(C)OC(=O)CC[C@@H](N=C=O)C(=O)OC(C)(C)C. The zero-order valence-electron chi connectivity index (χ0n) is 13.0. The third-order valence-electron chi connectivity index (χ3n) is 1.93. The number of hydrogen-bond donors (Lipinski definition) is 0. The highest BCUT2D eigenvalue weighted by atomic mass is 16.6. The zero-order valence-corrected chi connectivity index (χ0v) is 13.0. The summed E-state index contributed by atoms with van der Waals surface area (Å²) >= 11 is 0. The van der Waals surface area contributed by atoms with Crippen molar-refractivity contribution in [3.8, 4) is 0 Å². The van der Waals surface area contributed by atoms with Gasteiger partial charge in [-0.15, -0.1) is 0 Å². The lowest BCUT2D eigenvalue weighted by atomic mass is 10.1. The van der Waals surface area contributed by atoms with E-state index in [1.54, 1.807) is 41.5 Å². The molecule has 0 aromatic heterocycles. The Labute approximate surface area is 119 Å². The minimum atomic E-state index is -1.03. The molecule has 114 valence electrons. The number of nitrogens with zero attached hydrogens (tertiary/aromatic N) is 1. The van der Waals surface area contributed by atoms with E-state index in [2.05, 4.69) is 4.99 Å². The molecule has 0 amide bonds. The highest BCUT2D eigenvalue weighted by molar-refractivity contribution is 5.78. The van der Waals surface area contributed by atoms with Gasteiger partial charge in [-0.2, -0.15) is 4.99 Å². The Morgan fingerprint density at radius 2 is 1.55 bits per heavy atom. The van der Waals surface area contributed by atoms with Crippen LogP contribution < -0.4 is 0 Å². The quantitative estimate of drug-likeness (QED) is 0.439. The Balaban J connectivity index is 4.53. The maximum atomic E-state index is 11.8. The molecule has 0 spiro atoms. The third kappa shape index (κ3) is 9.28. The van der Waals surface area contributed by atoms with Crippen LogP contribution in [0.5, 0.6) is 0 Å². The Kier molecular flexibility index (Phi) is 6.59. The molecular formula is C14H23NO5. The molecule has 6 nitrogen and oxygen atoms in total. The summed E-state index contributed by atoms with van der Waals surface area (Å²) in [6, 6.07) is -1.03. The highest BCUT2D eigenvalue weighted by Gasteiger charge is 2.26. The van der Waals surface area contributed by atoms with Crippen molar-refractivity contribution in [2.75, 3.05) is 0 Å². The van der Waals surface area contributed by atoms with Gasteiger partial charge in [0, 0.05) is 6.42 Å². The fourth-order valence-electron chi connectivity index (χ4n) is 1.32. The molecule has 0 aromatic rings. The molecule has 0 aliphatic heterocycles. The minimum Gasteiger partial charge on any atom is -0.460 e. The van der Waals surface area contributed by atoms with Crippen LogP contribution in [0.15, 0.2) is 4.99 Å². The summed E-state index contributed by atoms with van der Waals surface area (Å²) in [6.07, 6.45) is 1.36. The van der Waals surface area contributed by atoms with Gasteiger partial charge in [0.25, 0.3) is 0 Å². The molecule has 0 radical (unpaired) electrons. The van der Waals surface area contributed by atoms with Gasteiger partial charge in [0.05, 0.1) is 0 Å². The van der Waals surface area contributed by atoms with E-state index in [1.807, 2.05) is 0 Å². The molecular weight excluding hydrogens is 262 g/mol. The Morgan fingerprint density at radius 1 is 1.05 bits per heavy atom. The molecule has 0 N–H and O–H groups in total. The largest absolute Gasteiger partial charge is 0.460 e. The van der Waals surface area contributed by atoms with Gasteiger partial charge in [-0.25, -0.2) is 9.59 Å². The highest BCUT2D eigenvalue weighted by Crippen LogP contribution is 2.14. The lowest BCUT2D eigenvalue weighted by molar-refractivity contribution is -0.157. The van der Waals surface area contributed by atoms with Crippen LogP contribution in [0.4, 0.5) is 0 Å². The lowest BCUT2D eigenvalue weighted by Crippen LogP contribution is -2.32. The second-order valence-corrected chi connectivity index (χ2v) is 6.39. The predicted molar refractivity (Wildman–Crippen MR) is 72.8 cm³/mol. The third-order valence-corrected chi connectivity index (χ3v) is 1.93. The van der Waals surface area contributed by atoms with Gasteiger partial charge in [0.2, 0.25) is 6.08 Å². The van der Waals surface area contributed by atoms with E-state index in [0.717, 1.165) is 0 Å². The van der Waals surface area contributed by atoms with Crippen LogP contribution in [0.1, 0.15) is 54.4 Å². The maximum Gasteiger partial charge on any atom is 0.332 e. The van der Waals surface area contributed by atoms with Crippen molar-refractivity contribution < 1.29 is 23.9 Å². The molecule has 20 heavy (non-hydrogen) atoms. The summed E-state index contributed by atoms with van der Waals surface area (Å²) in [6.45, 7) is 10.4. The normalized spacial score (nSPS) is 13.1. The Hall–Kier alpha value is -1.68. The summed E-state index contributed by atoms with van der Waals surface area (Å²) in [4.78, 5) is 37.1. The van der Waals surface area contributed by atoms with Crippen LogP contribution in [0.25, 0.3) is 0 Å². The van der Waals surface area contributed by atoms with E-state index in [-0.39, 0.29) is 12.8 Å². The topological polar surface area (TPSA) is 82.0 Å². The average Bonchev–Trinajstić information content (AvgIpc) is 2.18. The number of ether oxygens (including phenoxy) is 2. The second-order valence-electron chi connectivity index (χ2n) is 6.39. The minimum absolute atomic E-state index is 0.0215. The summed E-state index contributed by atoms with van der Waals surface area (Å²) < 4.78 is 10.2. The molecule has 1 atom stereocenters. The van der Waals surface area contributed by atoms with Crippen LogP contribution >= 0.6 is 0 Å². The van der Waals surface area contributed by atoms with Crippen LogP contribution in [-0.2, 0) is 23.9 Å². The fourth-order valence-corrected chi connectivity index (χ4v) is 1.32. The molecule has 6 heteroatoms.